The molecule has 0 unspecified atom stereocenters. The van der Waals surface area contributed by atoms with Gasteiger partial charge in [-0.2, -0.15) is 0 Å². The van der Waals surface area contributed by atoms with Crippen molar-refractivity contribution >= 4 is 15.8 Å². The Morgan fingerprint density at radius 2 is 1.88 bits per heavy atom. The number of sulfone groups is 1. The SMILES string of the molecule is O=C(O)CN1CCN([C@@H]2CCS(=O)(=O)C2)CC1. The quantitative estimate of drug-likeness (QED) is 0.694. The predicted molar refractivity (Wildman–Crippen MR) is 62.7 cm³/mol. The Morgan fingerprint density at radius 1 is 1.24 bits per heavy atom. The zero-order valence-electron chi connectivity index (χ0n) is 9.71. The Hall–Kier alpha value is -0.660. The van der Waals surface area contributed by atoms with Crippen LogP contribution in [-0.4, -0.2) is 79.6 Å². The number of carboxylic acids is 1. The summed E-state index contributed by atoms with van der Waals surface area (Å²) in [5.41, 5.74) is 0. The topological polar surface area (TPSA) is 77.9 Å². The van der Waals surface area contributed by atoms with Gasteiger partial charge in [0.2, 0.25) is 0 Å². The van der Waals surface area contributed by atoms with Crippen molar-refractivity contribution in [3.05, 3.63) is 0 Å². The number of aliphatic carboxylic acids is 1. The number of piperazine rings is 1. The van der Waals surface area contributed by atoms with Crippen LogP contribution in [0.25, 0.3) is 0 Å². The second kappa shape index (κ2) is 4.91. The van der Waals surface area contributed by atoms with Crippen LogP contribution in [0, 0.1) is 0 Å². The Morgan fingerprint density at radius 3 is 2.35 bits per heavy atom. The molecule has 0 aromatic rings. The van der Waals surface area contributed by atoms with Gasteiger partial charge in [0.15, 0.2) is 9.84 Å². The van der Waals surface area contributed by atoms with Crippen LogP contribution in [-0.2, 0) is 14.6 Å². The van der Waals surface area contributed by atoms with Crippen LogP contribution < -0.4 is 0 Å². The monoisotopic (exact) mass is 262 g/mol. The lowest BCUT2D eigenvalue weighted by Gasteiger charge is -2.36. The van der Waals surface area contributed by atoms with Gasteiger partial charge in [0.1, 0.15) is 0 Å². The maximum absolute atomic E-state index is 11.4. The number of hydrogen-bond donors (Lipinski definition) is 1. The molecule has 0 bridgehead atoms. The van der Waals surface area contributed by atoms with Crippen LogP contribution in [0.5, 0.6) is 0 Å². The molecule has 0 radical (unpaired) electrons. The maximum Gasteiger partial charge on any atom is 0.317 e. The standard InChI is InChI=1S/C10H18N2O4S/c13-10(14)7-11-2-4-12(5-3-11)9-1-6-17(15,16)8-9/h9H,1-8H2,(H,13,14)/t9-/m1/s1. The molecule has 0 aromatic carbocycles. The van der Waals surface area contributed by atoms with Crippen LogP contribution >= 0.6 is 0 Å². The lowest BCUT2D eigenvalue weighted by molar-refractivity contribution is -0.138. The van der Waals surface area contributed by atoms with Crippen molar-refractivity contribution < 1.29 is 18.3 Å². The number of carbonyl (C=O) groups is 1. The highest BCUT2D eigenvalue weighted by Gasteiger charge is 2.33. The molecule has 0 amide bonds. The Balaban J connectivity index is 1.81. The van der Waals surface area contributed by atoms with Crippen molar-refractivity contribution in [2.45, 2.75) is 12.5 Å². The van der Waals surface area contributed by atoms with Gasteiger partial charge in [-0.05, 0) is 6.42 Å². The van der Waals surface area contributed by atoms with Crippen molar-refractivity contribution in [1.82, 2.24) is 9.80 Å². The molecule has 0 saturated carbocycles. The van der Waals surface area contributed by atoms with Gasteiger partial charge < -0.3 is 5.11 Å². The molecule has 2 aliphatic heterocycles. The first-order valence-electron chi connectivity index (χ1n) is 5.85. The molecular weight excluding hydrogens is 244 g/mol. The molecule has 0 spiro atoms. The molecule has 98 valence electrons. The molecule has 6 nitrogen and oxygen atoms in total. The molecule has 2 rings (SSSR count). The van der Waals surface area contributed by atoms with E-state index in [1.807, 2.05) is 4.90 Å². The second-order valence-electron chi connectivity index (χ2n) is 4.76. The lowest BCUT2D eigenvalue weighted by Crippen LogP contribution is -2.51. The van der Waals surface area contributed by atoms with Gasteiger partial charge in [-0.25, -0.2) is 8.42 Å². The minimum atomic E-state index is -2.83. The third-order valence-electron chi connectivity index (χ3n) is 3.49. The predicted octanol–water partition coefficient (Wildman–Crippen LogP) is -1.12. The lowest BCUT2D eigenvalue weighted by atomic mass is 10.2. The van der Waals surface area contributed by atoms with Gasteiger partial charge in [-0.15, -0.1) is 0 Å². The first-order chi connectivity index (χ1) is 7.96. The van der Waals surface area contributed by atoms with Crippen LogP contribution in [0.1, 0.15) is 6.42 Å². The van der Waals surface area contributed by atoms with Crippen LogP contribution in [0.4, 0.5) is 0 Å². The molecule has 2 fully saturated rings. The summed E-state index contributed by atoms with van der Waals surface area (Å²) in [5.74, 6) is -0.235. The normalized spacial score (nSPS) is 30.5. The first-order valence-corrected chi connectivity index (χ1v) is 7.67. The zero-order chi connectivity index (χ0) is 12.5. The summed E-state index contributed by atoms with van der Waals surface area (Å²) in [4.78, 5) is 14.6. The summed E-state index contributed by atoms with van der Waals surface area (Å²) in [5, 5.41) is 8.68. The molecule has 1 N–H and O–H groups in total. The average Bonchev–Trinajstić information content (AvgIpc) is 2.59. The van der Waals surface area contributed by atoms with E-state index in [1.165, 1.54) is 0 Å². The van der Waals surface area contributed by atoms with Crippen molar-refractivity contribution in [3.8, 4) is 0 Å². The van der Waals surface area contributed by atoms with E-state index in [4.69, 9.17) is 5.11 Å². The smallest absolute Gasteiger partial charge is 0.317 e. The summed E-state index contributed by atoms with van der Waals surface area (Å²) in [6.45, 7) is 3.05. The van der Waals surface area contributed by atoms with Crippen LogP contribution in [0.2, 0.25) is 0 Å². The van der Waals surface area contributed by atoms with E-state index in [0.717, 1.165) is 19.5 Å². The van der Waals surface area contributed by atoms with Gasteiger partial charge >= 0.3 is 5.97 Å². The molecule has 1 atom stereocenters. The highest BCUT2D eigenvalue weighted by Crippen LogP contribution is 2.19. The number of hydrogen-bond acceptors (Lipinski definition) is 5. The first kappa shape index (κ1) is 12.8. The molecule has 2 aliphatic rings. The third-order valence-corrected chi connectivity index (χ3v) is 5.24. The van der Waals surface area contributed by atoms with E-state index in [1.54, 1.807) is 0 Å². The number of rotatable bonds is 3. The van der Waals surface area contributed by atoms with Gasteiger partial charge in [-0.1, -0.05) is 0 Å². The van der Waals surface area contributed by atoms with E-state index in [0.29, 0.717) is 18.8 Å². The largest absolute Gasteiger partial charge is 0.480 e. The van der Waals surface area contributed by atoms with E-state index in [-0.39, 0.29) is 18.3 Å². The molecule has 0 aromatic heterocycles. The zero-order valence-corrected chi connectivity index (χ0v) is 10.5. The van der Waals surface area contributed by atoms with Crippen LogP contribution in [0.3, 0.4) is 0 Å². The molecule has 0 aliphatic carbocycles. The molecule has 2 heterocycles. The van der Waals surface area contributed by atoms with E-state index >= 15 is 0 Å². The summed E-state index contributed by atoms with van der Waals surface area (Å²) < 4.78 is 22.8. The summed E-state index contributed by atoms with van der Waals surface area (Å²) in [6.07, 6.45) is 0.723. The van der Waals surface area contributed by atoms with E-state index in [2.05, 4.69) is 4.90 Å². The third kappa shape index (κ3) is 3.40. The van der Waals surface area contributed by atoms with Crippen molar-refractivity contribution in [3.63, 3.8) is 0 Å². The fourth-order valence-corrected chi connectivity index (χ4v) is 4.30. The average molecular weight is 262 g/mol. The van der Waals surface area contributed by atoms with Gasteiger partial charge in [0.25, 0.3) is 0 Å². The molecule has 2 saturated heterocycles. The van der Waals surface area contributed by atoms with Gasteiger partial charge in [-0.3, -0.25) is 14.6 Å². The van der Waals surface area contributed by atoms with Gasteiger partial charge in [0.05, 0.1) is 18.1 Å². The Bertz CT molecular complexity index is 387. The van der Waals surface area contributed by atoms with Crippen molar-refractivity contribution in [1.29, 1.82) is 0 Å². The second-order valence-corrected chi connectivity index (χ2v) is 6.99. The van der Waals surface area contributed by atoms with Crippen molar-refractivity contribution in [2.24, 2.45) is 0 Å². The minimum absolute atomic E-state index is 0.0802. The van der Waals surface area contributed by atoms with E-state index in [9.17, 15) is 13.2 Å². The van der Waals surface area contributed by atoms with E-state index < -0.39 is 15.8 Å². The number of nitrogens with zero attached hydrogens (tertiary/aromatic N) is 2. The summed E-state index contributed by atoms with van der Waals surface area (Å²) in [7, 11) is -2.83. The van der Waals surface area contributed by atoms with Crippen molar-refractivity contribution in [2.75, 3.05) is 44.2 Å². The van der Waals surface area contributed by atoms with Crippen LogP contribution in [0.15, 0.2) is 0 Å². The highest BCUT2D eigenvalue weighted by molar-refractivity contribution is 7.91. The Kier molecular flexibility index (Phi) is 3.70. The fraction of sp³-hybridized carbons (Fsp3) is 0.900. The fourth-order valence-electron chi connectivity index (χ4n) is 2.54. The minimum Gasteiger partial charge on any atom is -0.480 e. The van der Waals surface area contributed by atoms with Gasteiger partial charge in [0, 0.05) is 32.2 Å². The molecular formula is C10H18N2O4S. The summed E-state index contributed by atoms with van der Waals surface area (Å²) in [6, 6.07) is 0.145. The summed E-state index contributed by atoms with van der Waals surface area (Å²) >= 11 is 0. The number of carboxylic acid groups (broad SMARTS) is 1. The highest BCUT2D eigenvalue weighted by atomic mass is 32.2. The maximum atomic E-state index is 11.4. The Labute approximate surface area is 101 Å². The molecule has 7 heteroatoms. The molecule has 17 heavy (non-hydrogen) atoms.